The van der Waals surface area contributed by atoms with Crippen LogP contribution in [-0.2, 0) is 30.3 Å². The highest BCUT2D eigenvalue weighted by Gasteiger charge is 2.85. The monoisotopic (exact) mass is 783 g/mol. The predicted molar refractivity (Wildman–Crippen MR) is 209 cm³/mol. The molecule has 312 valence electrons. The number of halogens is 2. The van der Waals surface area contributed by atoms with Gasteiger partial charge in [0.1, 0.15) is 11.6 Å². The highest BCUT2D eigenvalue weighted by molar-refractivity contribution is 5.73. The summed E-state index contributed by atoms with van der Waals surface area (Å²) in [6.45, 7) is 19.8. The zero-order valence-corrected chi connectivity index (χ0v) is 35.3. The minimum Gasteiger partial charge on any atom is -0.390 e. The number of benzene rings is 1. The van der Waals surface area contributed by atoms with Crippen molar-refractivity contribution in [1.29, 1.82) is 0 Å². The van der Waals surface area contributed by atoms with Crippen molar-refractivity contribution >= 4 is 11.8 Å². The van der Waals surface area contributed by atoms with Crippen LogP contribution < -0.4 is 0 Å². The molecule has 5 aliphatic carbocycles. The number of aliphatic hydroxyl groups excluding tert-OH is 1. The maximum absolute atomic E-state index is 14.0. The van der Waals surface area contributed by atoms with Crippen molar-refractivity contribution < 1.29 is 37.7 Å². The number of carbonyl (C=O) groups excluding carboxylic acids is 2. The Morgan fingerprint density at radius 3 is 2.41 bits per heavy atom. The molecule has 0 radical (unpaired) electrons. The average molecular weight is 783 g/mol. The lowest BCUT2D eigenvalue weighted by molar-refractivity contribution is -0.250. The summed E-state index contributed by atoms with van der Waals surface area (Å²) in [5.74, 6) is 0.624. The van der Waals surface area contributed by atoms with Gasteiger partial charge in [0.05, 0.1) is 37.6 Å². The first-order chi connectivity index (χ1) is 26.4. The van der Waals surface area contributed by atoms with Gasteiger partial charge < -0.3 is 29.1 Å². The van der Waals surface area contributed by atoms with Crippen molar-refractivity contribution in [2.75, 3.05) is 26.2 Å². The van der Waals surface area contributed by atoms with E-state index in [1.165, 1.54) is 31.9 Å². The topological polar surface area (TPSA) is 88.5 Å². The van der Waals surface area contributed by atoms with Crippen molar-refractivity contribution in [3.63, 3.8) is 0 Å². The summed E-state index contributed by atoms with van der Waals surface area (Å²) in [5, 5.41) is 13.0. The Morgan fingerprint density at radius 2 is 1.73 bits per heavy atom. The first-order valence-electron chi connectivity index (χ1n) is 22.0. The van der Waals surface area contributed by atoms with Crippen molar-refractivity contribution in [2.24, 2.45) is 56.7 Å². The minimum absolute atomic E-state index is 0.0354. The highest BCUT2D eigenvalue weighted by atomic mass is 19.1. The molecule has 2 aliphatic heterocycles. The molecular weight excluding hydrogens is 715 g/mol. The molecule has 2 spiro atoms. The number of fused-ring (bicyclic) bond motifs is 4. The SMILES string of the molecule is CC[C@H](C)C12CCC34CC35CCC(OC3CN(C(C)=O)CCO3)C(C)(C)[C@@H]5CCC4[C@]1(C)[C@@H](O)C1OC(CCN(Cc3cc(F)cc(F)c3)C(C)=O)C[C@@H](C)[C@@H]12. The molecule has 2 heterocycles. The highest BCUT2D eigenvalue weighted by Crippen LogP contribution is 2.90. The molecule has 7 fully saturated rings. The van der Waals surface area contributed by atoms with Crippen LogP contribution in [0.4, 0.5) is 8.78 Å². The lowest BCUT2D eigenvalue weighted by atomic mass is 9.39. The lowest BCUT2D eigenvalue weighted by Gasteiger charge is -2.66. The number of hydrogen-bond donors (Lipinski definition) is 1. The first kappa shape index (κ1) is 40.6. The third-order valence-electron chi connectivity index (χ3n) is 18.1. The molecule has 8 nitrogen and oxygen atoms in total. The molecule has 1 N–H and O–H groups in total. The van der Waals surface area contributed by atoms with Gasteiger partial charge in [-0.15, -0.1) is 0 Å². The predicted octanol–water partition coefficient (Wildman–Crippen LogP) is 8.13. The molecule has 0 bridgehead atoms. The van der Waals surface area contributed by atoms with E-state index in [4.69, 9.17) is 14.2 Å². The summed E-state index contributed by atoms with van der Waals surface area (Å²) in [7, 11) is 0. The summed E-state index contributed by atoms with van der Waals surface area (Å²) in [5.41, 5.74) is 0.540. The Balaban J connectivity index is 1.02. The van der Waals surface area contributed by atoms with Gasteiger partial charge in [0.25, 0.3) is 0 Å². The van der Waals surface area contributed by atoms with Crippen LogP contribution in [0.15, 0.2) is 18.2 Å². The van der Waals surface area contributed by atoms with Gasteiger partial charge in [0, 0.05) is 45.0 Å². The molecule has 14 atom stereocenters. The molecule has 0 aromatic heterocycles. The number of carbonyl (C=O) groups is 2. The van der Waals surface area contributed by atoms with E-state index < -0.39 is 17.7 Å². The summed E-state index contributed by atoms with van der Waals surface area (Å²) in [4.78, 5) is 28.4. The smallest absolute Gasteiger partial charge is 0.219 e. The Bertz CT molecular complexity index is 1670. The van der Waals surface area contributed by atoms with Crippen LogP contribution in [-0.4, -0.2) is 83.7 Å². The van der Waals surface area contributed by atoms with Crippen LogP contribution >= 0.6 is 0 Å². The van der Waals surface area contributed by atoms with Gasteiger partial charge in [-0.25, -0.2) is 8.78 Å². The van der Waals surface area contributed by atoms with E-state index >= 15 is 0 Å². The number of amides is 2. The van der Waals surface area contributed by atoms with Crippen LogP contribution in [0.3, 0.4) is 0 Å². The molecule has 8 unspecified atom stereocenters. The molecule has 7 aliphatic rings. The minimum atomic E-state index is -0.648. The average Bonchev–Trinajstić information content (AvgIpc) is 3.76. The second kappa shape index (κ2) is 14.3. The summed E-state index contributed by atoms with van der Waals surface area (Å²) in [6.07, 6.45) is 9.24. The molecule has 5 saturated carbocycles. The number of rotatable bonds is 9. The molecule has 10 heteroatoms. The number of nitrogens with zero attached hydrogens (tertiary/aromatic N) is 2. The van der Waals surface area contributed by atoms with Gasteiger partial charge in [0.2, 0.25) is 11.8 Å². The van der Waals surface area contributed by atoms with Gasteiger partial charge in [-0.1, -0.05) is 48.0 Å². The van der Waals surface area contributed by atoms with Gasteiger partial charge in [0.15, 0.2) is 6.29 Å². The van der Waals surface area contributed by atoms with Crippen LogP contribution in [0.1, 0.15) is 125 Å². The molecule has 8 rings (SSSR count). The Hall–Kier alpha value is -2.14. The third kappa shape index (κ3) is 5.89. The number of aliphatic hydroxyl groups is 1. The Morgan fingerprint density at radius 1 is 1.04 bits per heavy atom. The van der Waals surface area contributed by atoms with E-state index in [1.807, 2.05) is 4.90 Å². The summed E-state index contributed by atoms with van der Waals surface area (Å²) >= 11 is 0. The van der Waals surface area contributed by atoms with Gasteiger partial charge in [-0.2, -0.15) is 0 Å². The number of morpholine rings is 1. The Kier molecular flexibility index (Phi) is 10.3. The fraction of sp³-hybridized carbons (Fsp3) is 0.826. The van der Waals surface area contributed by atoms with Crippen molar-refractivity contribution in [2.45, 2.75) is 157 Å². The fourth-order valence-electron chi connectivity index (χ4n) is 15.6. The van der Waals surface area contributed by atoms with Crippen LogP contribution in [0.5, 0.6) is 0 Å². The molecule has 1 aromatic rings. The van der Waals surface area contributed by atoms with E-state index in [0.29, 0.717) is 61.9 Å². The molecule has 2 amide bonds. The van der Waals surface area contributed by atoms with Crippen LogP contribution in [0.25, 0.3) is 0 Å². The standard InChI is InChI=1S/C46H68F2N2O6/c1-9-28(3)46-16-15-45-26-44(45)14-12-37(56-38-25-50(30(5)52)18-19-54-38)42(6,7)35(44)10-11-36(45)43(46,8)41(53)40-39(46)27(2)20-34(55-40)13-17-49(29(4)51)24-31-21-32(47)23-33(48)22-31/h21-23,27-28,34-41,53H,9-20,24-26H2,1-8H3/t27-,28+,34?,35+,36?,37?,38?,39+,40?,41+,43-,44?,45?,46?/m1/s1. The Labute approximate surface area is 333 Å². The van der Waals surface area contributed by atoms with E-state index in [-0.39, 0.29) is 76.0 Å². The zero-order chi connectivity index (χ0) is 40.2. The molecule has 56 heavy (non-hydrogen) atoms. The summed E-state index contributed by atoms with van der Waals surface area (Å²) < 4.78 is 47.9. The van der Waals surface area contributed by atoms with E-state index in [0.717, 1.165) is 51.0 Å². The normalized spacial score (nSPS) is 44.1. The van der Waals surface area contributed by atoms with E-state index in [2.05, 4.69) is 41.5 Å². The van der Waals surface area contributed by atoms with Crippen LogP contribution in [0.2, 0.25) is 0 Å². The van der Waals surface area contributed by atoms with Crippen LogP contribution in [0, 0.1) is 68.3 Å². The summed E-state index contributed by atoms with van der Waals surface area (Å²) in [6, 6.07) is 3.43. The maximum Gasteiger partial charge on any atom is 0.219 e. The van der Waals surface area contributed by atoms with Gasteiger partial charge >= 0.3 is 0 Å². The largest absolute Gasteiger partial charge is 0.390 e. The van der Waals surface area contributed by atoms with Crippen molar-refractivity contribution in [1.82, 2.24) is 9.80 Å². The quantitative estimate of drug-likeness (QED) is 0.272. The number of ether oxygens (including phenoxy) is 3. The second-order valence-electron chi connectivity index (χ2n) is 20.5. The third-order valence-corrected chi connectivity index (χ3v) is 18.1. The number of hydrogen-bond acceptors (Lipinski definition) is 6. The van der Waals surface area contributed by atoms with Crippen molar-refractivity contribution in [3.8, 4) is 0 Å². The second-order valence-corrected chi connectivity index (χ2v) is 20.5. The van der Waals surface area contributed by atoms with Crippen molar-refractivity contribution in [3.05, 3.63) is 35.4 Å². The lowest BCUT2D eigenvalue weighted by Crippen LogP contribution is -2.62. The molecule has 2 saturated heterocycles. The van der Waals surface area contributed by atoms with E-state index in [1.54, 1.807) is 11.8 Å². The fourth-order valence-corrected chi connectivity index (χ4v) is 15.6. The van der Waals surface area contributed by atoms with Gasteiger partial charge in [-0.3, -0.25) is 9.59 Å². The van der Waals surface area contributed by atoms with Gasteiger partial charge in [-0.05, 0) is 127 Å². The van der Waals surface area contributed by atoms with E-state index in [9.17, 15) is 23.5 Å². The maximum atomic E-state index is 14.0. The first-order valence-corrected chi connectivity index (χ1v) is 22.0. The zero-order valence-electron chi connectivity index (χ0n) is 35.3. The molecule has 1 aromatic carbocycles. The molecular formula is C46H68F2N2O6.